The van der Waals surface area contributed by atoms with Gasteiger partial charge in [0.05, 0.1) is 0 Å². The second-order valence-corrected chi connectivity index (χ2v) is 4.73. The zero-order valence-electron chi connectivity index (χ0n) is 10.7. The predicted molar refractivity (Wildman–Crippen MR) is 69.7 cm³/mol. The molecule has 2 N–H and O–H groups in total. The van der Waals surface area contributed by atoms with Crippen LogP contribution in [0.25, 0.3) is 0 Å². The molecule has 1 saturated heterocycles. The number of hydrogen-bond acceptors (Lipinski definition) is 5. The van der Waals surface area contributed by atoms with Crippen LogP contribution in [0.5, 0.6) is 0 Å². The molecule has 2 aliphatic rings. The lowest BCUT2D eigenvalue weighted by Gasteiger charge is -2.42. The van der Waals surface area contributed by atoms with Crippen LogP contribution >= 0.6 is 0 Å². The van der Waals surface area contributed by atoms with E-state index >= 15 is 0 Å². The van der Waals surface area contributed by atoms with Gasteiger partial charge in [-0.25, -0.2) is 4.90 Å². The van der Waals surface area contributed by atoms with E-state index in [9.17, 15) is 10.1 Å². The van der Waals surface area contributed by atoms with Crippen molar-refractivity contribution in [2.24, 2.45) is 5.73 Å². The minimum absolute atomic E-state index is 0.251. The standard InChI is InChI=1S/C12H20N4O2/c1-2-14-7-9-15(10-8-14)12(16(17)18)6-4-3-5-11(12)13/h3-6,11H,2,7-10,13H2,1H3. The Labute approximate surface area is 107 Å². The van der Waals surface area contributed by atoms with Crippen molar-refractivity contribution >= 4 is 0 Å². The van der Waals surface area contributed by atoms with Crippen LogP contribution in [0.3, 0.4) is 0 Å². The molecular formula is C12H20N4O2. The first-order valence-corrected chi connectivity index (χ1v) is 6.34. The molecule has 0 saturated carbocycles. The number of nitrogens with zero attached hydrogens (tertiary/aromatic N) is 3. The van der Waals surface area contributed by atoms with Crippen molar-refractivity contribution in [3.63, 3.8) is 0 Å². The van der Waals surface area contributed by atoms with Crippen LogP contribution in [0.2, 0.25) is 0 Å². The summed E-state index contributed by atoms with van der Waals surface area (Å²) in [6, 6.07) is -0.592. The van der Waals surface area contributed by atoms with Crippen LogP contribution in [0, 0.1) is 10.1 Å². The van der Waals surface area contributed by atoms with Gasteiger partial charge in [0, 0.05) is 37.2 Å². The maximum atomic E-state index is 11.5. The molecule has 2 rings (SSSR count). The van der Waals surface area contributed by atoms with Gasteiger partial charge in [0.15, 0.2) is 0 Å². The largest absolute Gasteiger partial charge is 0.317 e. The van der Waals surface area contributed by atoms with E-state index in [1.54, 1.807) is 24.3 Å². The van der Waals surface area contributed by atoms with Crippen LogP contribution in [0.4, 0.5) is 0 Å². The molecule has 1 fully saturated rings. The average Bonchev–Trinajstić information content (AvgIpc) is 2.39. The summed E-state index contributed by atoms with van der Waals surface area (Å²) in [4.78, 5) is 15.5. The molecular weight excluding hydrogens is 232 g/mol. The van der Waals surface area contributed by atoms with Crippen LogP contribution in [-0.2, 0) is 0 Å². The third-order valence-electron chi connectivity index (χ3n) is 3.88. The molecule has 0 aromatic rings. The highest BCUT2D eigenvalue weighted by atomic mass is 16.6. The van der Waals surface area contributed by atoms with Crippen molar-refractivity contribution in [2.75, 3.05) is 32.7 Å². The van der Waals surface area contributed by atoms with Crippen LogP contribution in [-0.4, -0.2) is 59.2 Å². The monoisotopic (exact) mass is 252 g/mol. The number of piperazine rings is 1. The summed E-state index contributed by atoms with van der Waals surface area (Å²) in [7, 11) is 0. The maximum Gasteiger partial charge on any atom is 0.315 e. The van der Waals surface area contributed by atoms with E-state index in [1.165, 1.54) is 0 Å². The van der Waals surface area contributed by atoms with Gasteiger partial charge in [0.2, 0.25) is 0 Å². The first-order chi connectivity index (χ1) is 8.61. The molecule has 100 valence electrons. The van der Waals surface area contributed by atoms with Gasteiger partial charge >= 0.3 is 5.66 Å². The second kappa shape index (κ2) is 5.17. The third kappa shape index (κ3) is 2.07. The predicted octanol–water partition coefficient (Wildman–Crippen LogP) is 0.0502. The molecule has 1 aliphatic carbocycles. The minimum Gasteiger partial charge on any atom is -0.317 e. The first kappa shape index (κ1) is 13.2. The fraction of sp³-hybridized carbons (Fsp3) is 0.667. The van der Waals surface area contributed by atoms with Crippen molar-refractivity contribution < 1.29 is 4.92 Å². The summed E-state index contributed by atoms with van der Waals surface area (Å²) < 4.78 is 0. The van der Waals surface area contributed by atoms with E-state index in [1.807, 2.05) is 4.90 Å². The maximum absolute atomic E-state index is 11.5. The van der Waals surface area contributed by atoms with Crippen LogP contribution in [0.1, 0.15) is 6.92 Å². The van der Waals surface area contributed by atoms with E-state index in [4.69, 9.17) is 5.73 Å². The van der Waals surface area contributed by atoms with Gasteiger partial charge in [-0.15, -0.1) is 0 Å². The van der Waals surface area contributed by atoms with Gasteiger partial charge in [-0.3, -0.25) is 10.1 Å². The molecule has 1 heterocycles. The molecule has 1 aliphatic heterocycles. The Morgan fingerprint density at radius 1 is 1.39 bits per heavy atom. The van der Waals surface area contributed by atoms with Crippen molar-refractivity contribution in [3.8, 4) is 0 Å². The summed E-state index contributed by atoms with van der Waals surface area (Å²) in [5, 5.41) is 11.5. The Bertz CT molecular complexity index is 374. The Kier molecular flexibility index (Phi) is 3.79. The first-order valence-electron chi connectivity index (χ1n) is 6.34. The molecule has 0 bridgehead atoms. The highest BCUT2D eigenvalue weighted by molar-refractivity contribution is 5.24. The minimum atomic E-state index is -1.27. The van der Waals surface area contributed by atoms with Gasteiger partial charge in [0.1, 0.15) is 6.04 Å². The zero-order valence-corrected chi connectivity index (χ0v) is 10.7. The summed E-state index contributed by atoms with van der Waals surface area (Å²) in [6.07, 6.45) is 6.82. The molecule has 6 nitrogen and oxygen atoms in total. The third-order valence-corrected chi connectivity index (χ3v) is 3.88. The molecule has 0 amide bonds. The molecule has 0 radical (unpaired) electrons. The highest BCUT2D eigenvalue weighted by Gasteiger charge is 2.52. The van der Waals surface area contributed by atoms with Gasteiger partial charge in [0.25, 0.3) is 0 Å². The molecule has 0 aromatic heterocycles. The number of allylic oxidation sites excluding steroid dienone is 2. The topological polar surface area (TPSA) is 75.6 Å². The molecule has 6 heteroatoms. The van der Waals surface area contributed by atoms with Crippen molar-refractivity contribution in [2.45, 2.75) is 18.6 Å². The quantitative estimate of drug-likeness (QED) is 0.567. The van der Waals surface area contributed by atoms with Gasteiger partial charge < -0.3 is 10.6 Å². The summed E-state index contributed by atoms with van der Waals surface area (Å²) in [6.45, 7) is 6.17. The molecule has 18 heavy (non-hydrogen) atoms. The van der Waals surface area contributed by atoms with Crippen molar-refractivity contribution in [3.05, 3.63) is 34.4 Å². The van der Waals surface area contributed by atoms with E-state index in [2.05, 4.69) is 11.8 Å². The molecule has 2 unspecified atom stereocenters. The van der Waals surface area contributed by atoms with Crippen LogP contribution in [0.15, 0.2) is 24.3 Å². The Balaban J connectivity index is 2.19. The summed E-state index contributed by atoms with van der Waals surface area (Å²) in [5.41, 5.74) is 4.71. The summed E-state index contributed by atoms with van der Waals surface area (Å²) in [5.74, 6) is 0. The number of hydrogen-bond donors (Lipinski definition) is 1. The number of likely N-dealkylation sites (N-methyl/N-ethyl adjacent to an activating group) is 1. The van der Waals surface area contributed by atoms with E-state index in [0.29, 0.717) is 13.1 Å². The Hall–Kier alpha value is -1.24. The van der Waals surface area contributed by atoms with E-state index in [-0.39, 0.29) is 4.92 Å². The zero-order chi connectivity index (χ0) is 13.2. The second-order valence-electron chi connectivity index (χ2n) is 4.73. The van der Waals surface area contributed by atoms with Crippen LogP contribution < -0.4 is 5.73 Å². The average molecular weight is 252 g/mol. The Morgan fingerprint density at radius 3 is 2.56 bits per heavy atom. The Morgan fingerprint density at radius 2 is 2.06 bits per heavy atom. The smallest absolute Gasteiger partial charge is 0.315 e. The van der Waals surface area contributed by atoms with Gasteiger partial charge in [-0.1, -0.05) is 25.2 Å². The van der Waals surface area contributed by atoms with Gasteiger partial charge in [-0.2, -0.15) is 0 Å². The van der Waals surface area contributed by atoms with Gasteiger partial charge in [-0.05, 0) is 6.54 Å². The molecule has 2 atom stereocenters. The van der Waals surface area contributed by atoms with E-state index < -0.39 is 11.7 Å². The van der Waals surface area contributed by atoms with Crippen molar-refractivity contribution in [1.82, 2.24) is 9.80 Å². The summed E-state index contributed by atoms with van der Waals surface area (Å²) >= 11 is 0. The number of nitro groups is 1. The number of rotatable bonds is 3. The fourth-order valence-electron chi connectivity index (χ4n) is 2.67. The fourth-order valence-corrected chi connectivity index (χ4v) is 2.67. The lowest BCUT2D eigenvalue weighted by Crippen LogP contribution is -2.67. The molecule has 0 spiro atoms. The lowest BCUT2D eigenvalue weighted by molar-refractivity contribution is -0.588. The lowest BCUT2D eigenvalue weighted by atomic mass is 9.93. The van der Waals surface area contributed by atoms with Crippen molar-refractivity contribution in [1.29, 1.82) is 0 Å². The van der Waals surface area contributed by atoms with E-state index in [0.717, 1.165) is 19.6 Å². The normalized spacial score (nSPS) is 33.8. The molecule has 0 aromatic carbocycles. The highest BCUT2D eigenvalue weighted by Crippen LogP contribution is 2.26. The SMILES string of the molecule is CCN1CCN(C2([N+](=O)[O-])C=CC=CC2N)CC1. The number of nitrogens with two attached hydrogens (primary N) is 1.